The molecular weight excluding hydrogens is 537 g/mol. The predicted molar refractivity (Wildman–Crippen MR) is 135 cm³/mol. The van der Waals surface area contributed by atoms with Crippen LogP contribution in [0.5, 0.6) is 0 Å². The first-order valence-electron chi connectivity index (χ1n) is 12.3. The van der Waals surface area contributed by atoms with E-state index in [9.17, 15) is 32.3 Å². The Kier molecular flexibility index (Phi) is 9.03. The lowest BCUT2D eigenvalue weighted by Crippen LogP contribution is -2.34. The minimum Gasteiger partial charge on any atom is -0.462 e. The average molecular weight is 567 g/mol. The first-order chi connectivity index (χ1) is 18.7. The van der Waals surface area contributed by atoms with Crippen LogP contribution >= 0.6 is 0 Å². The van der Waals surface area contributed by atoms with Crippen LogP contribution < -0.4 is 10.9 Å². The van der Waals surface area contributed by atoms with Crippen molar-refractivity contribution < 1.29 is 41.8 Å². The third-order valence-electron chi connectivity index (χ3n) is 5.52. The highest BCUT2D eigenvalue weighted by Gasteiger charge is 2.44. The fourth-order valence-electron chi connectivity index (χ4n) is 3.92. The first kappa shape index (κ1) is 30.3. The summed E-state index contributed by atoms with van der Waals surface area (Å²) >= 11 is 0. The number of alkyl halides is 3. The number of aromatic amines is 2. The number of halogens is 3. The lowest BCUT2D eigenvalue weighted by molar-refractivity contribution is -0.207. The van der Waals surface area contributed by atoms with Crippen LogP contribution in [-0.2, 0) is 32.0 Å². The molecule has 11 nitrogen and oxygen atoms in total. The van der Waals surface area contributed by atoms with E-state index in [-0.39, 0.29) is 53.2 Å². The number of hydrogen-bond donors (Lipinski definition) is 3. The topological polar surface area (TPSA) is 152 Å². The Labute approximate surface area is 226 Å². The van der Waals surface area contributed by atoms with Crippen molar-refractivity contribution in [2.24, 2.45) is 0 Å². The van der Waals surface area contributed by atoms with Crippen LogP contribution in [0.15, 0.2) is 29.1 Å². The third kappa shape index (κ3) is 6.86. The second kappa shape index (κ2) is 11.9. The molecule has 0 aliphatic rings. The molecule has 1 aromatic carbocycles. The summed E-state index contributed by atoms with van der Waals surface area (Å²) in [4.78, 5) is 52.7. The summed E-state index contributed by atoms with van der Waals surface area (Å²) in [5.41, 5.74) is -1.96. The van der Waals surface area contributed by atoms with Gasteiger partial charge in [-0.1, -0.05) is 25.1 Å². The van der Waals surface area contributed by atoms with E-state index in [0.717, 1.165) is 0 Å². The molecule has 0 bridgehead atoms. The highest BCUT2D eigenvalue weighted by atomic mass is 19.4. The number of nitrogens with zero attached hydrogens (tertiary/aromatic N) is 1. The van der Waals surface area contributed by atoms with Crippen LogP contribution in [-0.4, -0.2) is 51.5 Å². The number of ether oxygens (including phenoxy) is 3. The van der Waals surface area contributed by atoms with Gasteiger partial charge in [0.25, 0.3) is 5.56 Å². The zero-order chi connectivity index (χ0) is 29.8. The van der Waals surface area contributed by atoms with Crippen LogP contribution in [0.2, 0.25) is 0 Å². The summed E-state index contributed by atoms with van der Waals surface area (Å²) in [6, 6.07) is 6.38. The van der Waals surface area contributed by atoms with E-state index in [2.05, 4.69) is 20.5 Å². The van der Waals surface area contributed by atoms with Gasteiger partial charge in [-0.05, 0) is 45.7 Å². The number of H-pyrrole nitrogens is 2. The van der Waals surface area contributed by atoms with Gasteiger partial charge in [0.1, 0.15) is 11.3 Å². The van der Waals surface area contributed by atoms with Crippen LogP contribution in [0.1, 0.15) is 78.6 Å². The molecule has 0 saturated heterocycles. The smallest absolute Gasteiger partial charge is 0.462 e. The van der Waals surface area contributed by atoms with Crippen molar-refractivity contribution >= 4 is 28.7 Å². The second-order valence-electron chi connectivity index (χ2n) is 9.55. The zero-order valence-corrected chi connectivity index (χ0v) is 22.4. The minimum absolute atomic E-state index is 0.0747. The van der Waals surface area contributed by atoms with Crippen molar-refractivity contribution in [3.63, 3.8) is 0 Å². The Bertz CT molecular complexity index is 1470. The second-order valence-corrected chi connectivity index (χ2v) is 9.55. The Morgan fingerprint density at radius 3 is 2.27 bits per heavy atom. The largest absolute Gasteiger partial charge is 0.490 e. The molecule has 40 heavy (non-hydrogen) atoms. The molecule has 1 unspecified atom stereocenters. The zero-order valence-electron chi connectivity index (χ0n) is 22.4. The molecule has 14 heteroatoms. The van der Waals surface area contributed by atoms with Gasteiger partial charge in [0.2, 0.25) is 0 Å². The van der Waals surface area contributed by atoms with Gasteiger partial charge in [0.15, 0.2) is 6.23 Å². The monoisotopic (exact) mass is 566 g/mol. The Morgan fingerprint density at radius 2 is 1.70 bits per heavy atom. The number of hydrogen-bond acceptors (Lipinski definition) is 9. The fraction of sp³-hybridized carbons (Fsp3) is 0.423. The molecule has 0 aliphatic heterocycles. The summed E-state index contributed by atoms with van der Waals surface area (Å²) in [5, 5.41) is 9.55. The molecule has 0 aliphatic carbocycles. The molecule has 0 spiro atoms. The number of nitrogens with one attached hydrogen (secondary N) is 3. The van der Waals surface area contributed by atoms with Crippen LogP contribution in [0.3, 0.4) is 0 Å². The summed E-state index contributed by atoms with van der Waals surface area (Å²) in [6.07, 6.45) is -7.23. The number of rotatable bonds is 9. The van der Waals surface area contributed by atoms with Crippen LogP contribution in [0.25, 0.3) is 10.8 Å². The number of fused-ring (bicyclic) bond motifs is 1. The van der Waals surface area contributed by atoms with Crippen molar-refractivity contribution in [3.05, 3.63) is 62.8 Å². The highest BCUT2D eigenvalue weighted by molar-refractivity contribution is 5.99. The van der Waals surface area contributed by atoms with Crippen molar-refractivity contribution in [2.45, 2.75) is 65.6 Å². The van der Waals surface area contributed by atoms with Gasteiger partial charge in [-0.25, -0.2) is 19.5 Å². The van der Waals surface area contributed by atoms with Crippen molar-refractivity contribution in [3.8, 4) is 0 Å². The summed E-state index contributed by atoms with van der Waals surface area (Å²) in [7, 11) is 0. The van der Waals surface area contributed by atoms with Crippen LogP contribution in [0.4, 0.5) is 13.2 Å². The molecule has 0 radical (unpaired) electrons. The van der Waals surface area contributed by atoms with E-state index < -0.39 is 41.5 Å². The number of benzene rings is 1. The summed E-state index contributed by atoms with van der Waals surface area (Å²) < 4.78 is 55.0. The third-order valence-corrected chi connectivity index (χ3v) is 5.52. The lowest BCUT2D eigenvalue weighted by Gasteiger charge is -2.21. The number of esters is 3. The standard InChI is InChI=1S/C26H29F3N4O7/c1-6-13-17(22(35)38-7-2)19(31-18(13)23(36)40-25(3,4)5)21(39-24(37)26(27,28)29)30-12-16-14-10-8-9-11-15(14)20(34)33-32-16/h8-11,21,30-31H,6-7,12H2,1-5H3,(H,33,34). The normalized spacial score (nSPS) is 12.7. The summed E-state index contributed by atoms with van der Waals surface area (Å²) in [5.74, 6) is -4.39. The SMILES string of the molecule is CCOC(=O)c1c(C(NCc2n[nH]c(=O)c3ccccc23)OC(=O)C(F)(F)F)[nH]c(C(=O)OC(C)(C)C)c1CC. The molecule has 216 valence electrons. The van der Waals surface area contributed by atoms with E-state index in [1.54, 1.807) is 45.9 Å². The molecule has 3 N–H and O–H groups in total. The maximum atomic E-state index is 13.3. The summed E-state index contributed by atoms with van der Waals surface area (Å²) in [6.45, 7) is 7.58. The van der Waals surface area contributed by atoms with Crippen LogP contribution in [0, 0.1) is 0 Å². The van der Waals surface area contributed by atoms with Gasteiger partial charge in [0, 0.05) is 11.9 Å². The molecule has 3 rings (SSSR count). The molecular formula is C26H29F3N4O7. The van der Waals surface area contributed by atoms with Gasteiger partial charge in [-0.15, -0.1) is 0 Å². The first-order valence-corrected chi connectivity index (χ1v) is 12.3. The predicted octanol–water partition coefficient (Wildman–Crippen LogP) is 3.84. The van der Waals surface area contributed by atoms with Crippen molar-refractivity contribution in [1.82, 2.24) is 20.5 Å². The quantitative estimate of drug-likeness (QED) is 0.199. The maximum Gasteiger partial charge on any atom is 0.490 e. The Hall–Kier alpha value is -4.20. The molecule has 2 aromatic heterocycles. The van der Waals surface area contributed by atoms with E-state index in [1.165, 1.54) is 13.0 Å². The van der Waals surface area contributed by atoms with Gasteiger partial charge >= 0.3 is 24.1 Å². The van der Waals surface area contributed by atoms with Gasteiger partial charge in [0.05, 0.1) is 28.9 Å². The van der Waals surface area contributed by atoms with Gasteiger partial charge < -0.3 is 19.2 Å². The molecule has 2 heterocycles. The van der Waals surface area contributed by atoms with E-state index in [4.69, 9.17) is 14.2 Å². The highest BCUT2D eigenvalue weighted by Crippen LogP contribution is 2.31. The molecule has 3 aromatic rings. The molecule has 0 amide bonds. The van der Waals surface area contributed by atoms with Crippen molar-refractivity contribution in [2.75, 3.05) is 6.61 Å². The Morgan fingerprint density at radius 1 is 1.05 bits per heavy atom. The minimum atomic E-state index is -5.37. The van der Waals surface area contributed by atoms with E-state index >= 15 is 0 Å². The fourth-order valence-corrected chi connectivity index (χ4v) is 3.92. The molecule has 0 fully saturated rings. The maximum absolute atomic E-state index is 13.3. The number of aromatic nitrogens is 3. The number of carbonyl (C=O) groups is 3. The number of carbonyl (C=O) groups excluding carboxylic acids is 3. The molecule has 0 saturated carbocycles. The lowest BCUT2D eigenvalue weighted by atomic mass is 10.0. The van der Waals surface area contributed by atoms with Crippen molar-refractivity contribution in [1.29, 1.82) is 0 Å². The van der Waals surface area contributed by atoms with Gasteiger partial charge in [-0.3, -0.25) is 10.1 Å². The van der Waals surface area contributed by atoms with E-state index in [0.29, 0.717) is 5.39 Å². The molecule has 1 atom stereocenters. The average Bonchev–Trinajstić information content (AvgIpc) is 3.26. The van der Waals surface area contributed by atoms with E-state index in [1.807, 2.05) is 0 Å². The van der Waals surface area contributed by atoms with Gasteiger partial charge in [-0.2, -0.15) is 18.3 Å². The Balaban J connectivity index is 2.15.